The van der Waals surface area contributed by atoms with Crippen molar-refractivity contribution in [2.75, 3.05) is 0 Å². The van der Waals surface area contributed by atoms with Gasteiger partial charge in [0.15, 0.2) is 0 Å². The van der Waals surface area contributed by atoms with Crippen LogP contribution >= 0.6 is 0 Å². The number of aliphatic carboxylic acids is 1. The van der Waals surface area contributed by atoms with Crippen molar-refractivity contribution in [2.45, 2.75) is 32.6 Å². The first-order valence-corrected chi connectivity index (χ1v) is 6.87. The zero-order chi connectivity index (χ0) is 15.4. The van der Waals surface area contributed by atoms with Crippen LogP contribution in [0.25, 0.3) is 0 Å². The van der Waals surface area contributed by atoms with E-state index in [0.717, 1.165) is 12.8 Å². The highest BCUT2D eigenvalue weighted by Gasteiger charge is 2.35. The average molecular weight is 294 g/mol. The van der Waals surface area contributed by atoms with Crippen LogP contribution in [0, 0.1) is 18.8 Å². The van der Waals surface area contributed by atoms with Gasteiger partial charge in [-0.05, 0) is 25.8 Å². The predicted octanol–water partition coefficient (Wildman–Crippen LogP) is 1.24. The third kappa shape index (κ3) is 3.42. The van der Waals surface area contributed by atoms with E-state index in [2.05, 4.69) is 10.9 Å². The van der Waals surface area contributed by atoms with E-state index in [-0.39, 0.29) is 0 Å². The summed E-state index contributed by atoms with van der Waals surface area (Å²) >= 11 is 0. The highest BCUT2D eigenvalue weighted by molar-refractivity contribution is 5.96. The van der Waals surface area contributed by atoms with Crippen molar-refractivity contribution in [3.63, 3.8) is 0 Å². The van der Waals surface area contributed by atoms with E-state index < -0.39 is 29.6 Å². The molecular formula is C14H18N2O5. The zero-order valence-corrected chi connectivity index (χ0v) is 11.7. The van der Waals surface area contributed by atoms with E-state index in [1.54, 1.807) is 6.92 Å². The second-order valence-electron chi connectivity index (χ2n) is 5.17. The molecule has 0 aliphatic heterocycles. The van der Waals surface area contributed by atoms with E-state index in [1.165, 1.54) is 12.3 Å². The summed E-state index contributed by atoms with van der Waals surface area (Å²) in [6, 6.07) is 1.50. The number of carbonyl (C=O) groups is 3. The largest absolute Gasteiger partial charge is 0.481 e. The molecule has 7 nitrogen and oxygen atoms in total. The summed E-state index contributed by atoms with van der Waals surface area (Å²) in [5.74, 6) is -2.77. The first-order valence-electron chi connectivity index (χ1n) is 6.87. The van der Waals surface area contributed by atoms with E-state index >= 15 is 0 Å². The van der Waals surface area contributed by atoms with Crippen molar-refractivity contribution in [3.05, 3.63) is 23.7 Å². The molecular weight excluding hydrogens is 276 g/mol. The number of aryl methyl sites for hydroxylation is 1. The fraction of sp³-hybridized carbons (Fsp3) is 0.500. The minimum atomic E-state index is -0.966. The Bertz CT molecular complexity index is 551. The second-order valence-corrected chi connectivity index (χ2v) is 5.17. The molecule has 1 heterocycles. The van der Waals surface area contributed by atoms with Crippen LogP contribution in [0.5, 0.6) is 0 Å². The lowest BCUT2D eigenvalue weighted by Crippen LogP contribution is -2.47. The standard InChI is InChI=1S/C14H18N2O5/c1-8-9(6-7-21-8)12(17)15-16-13(18)10-4-2-3-5-11(10)14(19)20/h6-7,10-11H,2-5H2,1H3,(H,15,17)(H,16,18)(H,19,20)/t10-,11+/m0/s1. The normalized spacial score (nSPS) is 21.6. The van der Waals surface area contributed by atoms with Gasteiger partial charge in [0, 0.05) is 0 Å². The summed E-state index contributed by atoms with van der Waals surface area (Å²) in [7, 11) is 0. The molecule has 7 heteroatoms. The van der Waals surface area contributed by atoms with Gasteiger partial charge in [-0.3, -0.25) is 25.2 Å². The minimum Gasteiger partial charge on any atom is -0.481 e. The number of nitrogens with one attached hydrogen (secondary N) is 2. The van der Waals surface area contributed by atoms with E-state index in [9.17, 15) is 14.4 Å². The fourth-order valence-corrected chi connectivity index (χ4v) is 2.64. The van der Waals surface area contributed by atoms with E-state index in [4.69, 9.17) is 9.52 Å². The Balaban J connectivity index is 1.93. The lowest BCUT2D eigenvalue weighted by atomic mass is 9.79. The molecule has 0 radical (unpaired) electrons. The van der Waals surface area contributed by atoms with Gasteiger partial charge in [-0.1, -0.05) is 12.8 Å². The molecule has 21 heavy (non-hydrogen) atoms. The van der Waals surface area contributed by atoms with Gasteiger partial charge in [-0.25, -0.2) is 0 Å². The molecule has 1 fully saturated rings. The van der Waals surface area contributed by atoms with Crippen LogP contribution in [0.4, 0.5) is 0 Å². The SMILES string of the molecule is Cc1occc1C(=O)NNC(=O)[C@H]1CCCC[C@H]1C(=O)O. The van der Waals surface area contributed by atoms with Gasteiger partial charge in [0.1, 0.15) is 5.76 Å². The first-order chi connectivity index (χ1) is 10.0. The highest BCUT2D eigenvalue weighted by atomic mass is 16.4. The van der Waals surface area contributed by atoms with Crippen LogP contribution in [0.15, 0.2) is 16.7 Å². The number of hydrogen-bond donors (Lipinski definition) is 3. The fourth-order valence-electron chi connectivity index (χ4n) is 2.64. The number of carboxylic acids is 1. The smallest absolute Gasteiger partial charge is 0.307 e. The topological polar surface area (TPSA) is 109 Å². The summed E-state index contributed by atoms with van der Waals surface area (Å²) in [6.07, 6.45) is 4.01. The Morgan fingerprint density at radius 1 is 1.19 bits per heavy atom. The third-order valence-electron chi connectivity index (χ3n) is 3.82. The number of furan rings is 1. The van der Waals surface area contributed by atoms with Crippen molar-refractivity contribution in [1.29, 1.82) is 0 Å². The summed E-state index contributed by atoms with van der Waals surface area (Å²) in [5.41, 5.74) is 4.93. The lowest BCUT2D eigenvalue weighted by molar-refractivity contribution is -0.149. The lowest BCUT2D eigenvalue weighted by Gasteiger charge is -2.27. The van der Waals surface area contributed by atoms with Crippen LogP contribution in [0.1, 0.15) is 41.8 Å². The molecule has 2 amide bonds. The van der Waals surface area contributed by atoms with Crippen molar-refractivity contribution in [1.82, 2.24) is 10.9 Å². The summed E-state index contributed by atoms with van der Waals surface area (Å²) in [4.78, 5) is 35.0. The summed E-state index contributed by atoms with van der Waals surface area (Å²) in [6.45, 7) is 1.64. The first kappa shape index (κ1) is 15.1. The molecule has 0 saturated heterocycles. The van der Waals surface area contributed by atoms with Gasteiger partial charge in [0.25, 0.3) is 5.91 Å². The Morgan fingerprint density at radius 3 is 2.43 bits per heavy atom. The predicted molar refractivity (Wildman–Crippen MR) is 72.1 cm³/mol. The molecule has 3 N–H and O–H groups in total. The van der Waals surface area contributed by atoms with E-state index in [1.807, 2.05) is 0 Å². The van der Waals surface area contributed by atoms with Crippen molar-refractivity contribution >= 4 is 17.8 Å². The van der Waals surface area contributed by atoms with Crippen LogP contribution in [-0.4, -0.2) is 22.9 Å². The molecule has 1 aromatic rings. The van der Waals surface area contributed by atoms with E-state index in [0.29, 0.717) is 24.2 Å². The number of amides is 2. The maximum atomic E-state index is 12.1. The number of carboxylic acid groups (broad SMARTS) is 1. The highest BCUT2D eigenvalue weighted by Crippen LogP contribution is 2.30. The molecule has 1 aliphatic rings. The molecule has 1 aliphatic carbocycles. The summed E-state index contributed by atoms with van der Waals surface area (Å²) in [5, 5.41) is 9.14. The number of rotatable bonds is 3. The van der Waals surface area contributed by atoms with Gasteiger partial charge in [-0.15, -0.1) is 0 Å². The maximum absolute atomic E-state index is 12.1. The molecule has 0 unspecified atom stereocenters. The summed E-state index contributed by atoms with van der Waals surface area (Å²) < 4.78 is 5.01. The van der Waals surface area contributed by atoms with Crippen LogP contribution in [0.3, 0.4) is 0 Å². The molecule has 0 spiro atoms. The molecule has 1 saturated carbocycles. The molecule has 114 valence electrons. The number of carbonyl (C=O) groups excluding carboxylic acids is 2. The molecule has 1 aromatic heterocycles. The molecule has 2 rings (SSSR count). The molecule has 2 atom stereocenters. The Kier molecular flexibility index (Phi) is 4.62. The van der Waals surface area contributed by atoms with Gasteiger partial charge >= 0.3 is 5.97 Å². The van der Waals surface area contributed by atoms with Crippen LogP contribution < -0.4 is 10.9 Å². The Hall–Kier alpha value is -2.31. The Labute approximate surface area is 121 Å². The van der Waals surface area contributed by atoms with Crippen LogP contribution in [0.2, 0.25) is 0 Å². The van der Waals surface area contributed by atoms with Crippen molar-refractivity contribution < 1.29 is 23.9 Å². The number of hydrazine groups is 1. The number of hydrogen-bond acceptors (Lipinski definition) is 4. The third-order valence-corrected chi connectivity index (χ3v) is 3.82. The molecule has 0 bridgehead atoms. The Morgan fingerprint density at radius 2 is 1.86 bits per heavy atom. The second kappa shape index (κ2) is 6.43. The quantitative estimate of drug-likeness (QED) is 0.727. The molecule has 0 aromatic carbocycles. The zero-order valence-electron chi connectivity index (χ0n) is 11.7. The van der Waals surface area contributed by atoms with Gasteiger partial charge < -0.3 is 9.52 Å². The van der Waals surface area contributed by atoms with Crippen LogP contribution in [-0.2, 0) is 9.59 Å². The maximum Gasteiger partial charge on any atom is 0.307 e. The monoisotopic (exact) mass is 294 g/mol. The average Bonchev–Trinajstić information content (AvgIpc) is 2.90. The van der Waals surface area contributed by atoms with Gasteiger partial charge in [-0.2, -0.15) is 0 Å². The van der Waals surface area contributed by atoms with Gasteiger partial charge in [0.2, 0.25) is 5.91 Å². The minimum absolute atomic E-state index is 0.328. The van der Waals surface area contributed by atoms with Crippen molar-refractivity contribution in [2.24, 2.45) is 11.8 Å². The van der Waals surface area contributed by atoms with Crippen molar-refractivity contribution in [3.8, 4) is 0 Å². The van der Waals surface area contributed by atoms with Gasteiger partial charge in [0.05, 0.1) is 23.7 Å².